The fourth-order valence-electron chi connectivity index (χ4n) is 5.95. The Labute approximate surface area is 271 Å². The molecule has 46 heavy (non-hydrogen) atoms. The van der Waals surface area contributed by atoms with E-state index in [9.17, 15) is 24.9 Å². The Balaban J connectivity index is 2.08. The summed E-state index contributed by atoms with van der Waals surface area (Å²) >= 11 is 0. The molecular weight excluding hydrogens is 592 g/mol. The predicted molar refractivity (Wildman–Crippen MR) is 178 cm³/mol. The first-order valence-corrected chi connectivity index (χ1v) is 15.7. The van der Waals surface area contributed by atoms with Crippen LogP contribution in [0.1, 0.15) is 52.5 Å². The number of allylic oxidation sites excluding steroid dienone is 2. The van der Waals surface area contributed by atoms with Gasteiger partial charge in [0.2, 0.25) is 0 Å². The highest BCUT2D eigenvalue weighted by atomic mass is 16.6. The number of primary amides is 1. The summed E-state index contributed by atoms with van der Waals surface area (Å²) in [7, 11) is 2.97. The standard InChI is InChI=1S/C34H50N4O8/c1-20-16-24-29(36-12-15-38-13-7-8-14-38)26(39)19-25(31(24)41)37-33(42)21(2)10-9-11-27(44-5)32(46-34(35)43)23(4)18-22(3)30(40)28(17-20)45-6/h9-12,18-20,22,27-28,30,32,39-41H,7-8,13-17H2,1-6H3,(H2,35,43)(H,37,42)/b11-9-,21-10+,23-18+,36-12?/t20-,22+,27+,28+,30-,32+/m1/s1. The second-order valence-electron chi connectivity index (χ2n) is 12.3. The lowest BCUT2D eigenvalue weighted by atomic mass is 9.87. The number of methoxy groups -OCH3 is 2. The molecule has 1 saturated heterocycles. The maximum absolute atomic E-state index is 13.1. The Morgan fingerprint density at radius 3 is 2.50 bits per heavy atom. The molecule has 0 unspecified atom stereocenters. The van der Waals surface area contributed by atoms with Gasteiger partial charge in [0.25, 0.3) is 5.91 Å². The van der Waals surface area contributed by atoms with Gasteiger partial charge in [0.15, 0.2) is 6.10 Å². The molecule has 3 rings (SSSR count). The molecule has 12 nitrogen and oxygen atoms in total. The monoisotopic (exact) mass is 642 g/mol. The zero-order valence-electron chi connectivity index (χ0n) is 27.7. The molecule has 1 aromatic rings. The molecule has 2 aliphatic rings. The van der Waals surface area contributed by atoms with Crippen molar-refractivity contribution in [3.05, 3.63) is 47.1 Å². The number of nitrogens with one attached hydrogen (secondary N) is 1. The highest BCUT2D eigenvalue weighted by Gasteiger charge is 2.30. The summed E-state index contributed by atoms with van der Waals surface area (Å²) in [5.41, 5.74) is 6.93. The van der Waals surface area contributed by atoms with E-state index in [0.717, 1.165) is 25.9 Å². The molecule has 1 fully saturated rings. The van der Waals surface area contributed by atoms with E-state index < -0.39 is 42.3 Å². The van der Waals surface area contributed by atoms with E-state index in [4.69, 9.17) is 19.9 Å². The average molecular weight is 643 g/mol. The van der Waals surface area contributed by atoms with Gasteiger partial charge in [-0.25, -0.2) is 4.79 Å². The van der Waals surface area contributed by atoms with E-state index in [1.807, 2.05) is 13.8 Å². The van der Waals surface area contributed by atoms with E-state index in [1.165, 1.54) is 20.3 Å². The molecule has 0 radical (unpaired) electrons. The summed E-state index contributed by atoms with van der Waals surface area (Å²) in [5, 5.41) is 36.5. The zero-order chi connectivity index (χ0) is 34.0. The minimum Gasteiger partial charge on any atom is -0.506 e. The Morgan fingerprint density at radius 2 is 1.87 bits per heavy atom. The van der Waals surface area contributed by atoms with Gasteiger partial charge in [-0.3, -0.25) is 14.7 Å². The summed E-state index contributed by atoms with van der Waals surface area (Å²) in [5.74, 6) is -1.46. The molecule has 0 saturated carbocycles. The number of amides is 2. The maximum Gasteiger partial charge on any atom is 0.405 e. The van der Waals surface area contributed by atoms with E-state index >= 15 is 0 Å². The number of nitrogens with two attached hydrogens (primary N) is 1. The van der Waals surface area contributed by atoms with Gasteiger partial charge in [0.1, 0.15) is 23.3 Å². The number of hydrogen-bond acceptors (Lipinski definition) is 10. The smallest absolute Gasteiger partial charge is 0.405 e. The molecule has 2 aliphatic heterocycles. The van der Waals surface area contributed by atoms with E-state index in [-0.39, 0.29) is 35.2 Å². The second-order valence-corrected chi connectivity index (χ2v) is 12.3. The van der Waals surface area contributed by atoms with Gasteiger partial charge >= 0.3 is 6.09 Å². The predicted octanol–water partition coefficient (Wildman–Crippen LogP) is 4.36. The second kappa shape index (κ2) is 17.3. The largest absolute Gasteiger partial charge is 0.506 e. The van der Waals surface area contributed by atoms with Gasteiger partial charge in [0.05, 0.1) is 17.9 Å². The van der Waals surface area contributed by atoms with E-state index in [0.29, 0.717) is 29.7 Å². The third-order valence-corrected chi connectivity index (χ3v) is 8.56. The number of aliphatic imine (C=N–C) groups is 1. The number of aliphatic hydroxyl groups excluding tert-OH is 1. The number of rotatable bonds is 6. The van der Waals surface area contributed by atoms with Crippen LogP contribution in [0.15, 0.2) is 46.5 Å². The fraction of sp³-hybridized carbons (Fsp3) is 0.559. The lowest BCUT2D eigenvalue weighted by molar-refractivity contribution is -0.112. The molecule has 0 spiro atoms. The van der Waals surface area contributed by atoms with Crippen molar-refractivity contribution in [1.82, 2.24) is 4.90 Å². The van der Waals surface area contributed by atoms with Crippen LogP contribution in [0.4, 0.5) is 16.2 Å². The van der Waals surface area contributed by atoms with Crippen LogP contribution in [0.25, 0.3) is 0 Å². The SMILES string of the molecule is CO[C@H]1/C=C\C=C(/C)C(=O)Nc2cc(O)c(N=CCN3CCCC3)c(c2O)C[C@@H](C)C[C@H](OC)[C@H](O)[C@@H](C)/C=C(\C)[C@@H]1OC(N)=O. The molecule has 0 aromatic heterocycles. The summed E-state index contributed by atoms with van der Waals surface area (Å²) in [6.45, 7) is 9.71. The molecule has 6 atom stereocenters. The quantitative estimate of drug-likeness (QED) is 0.131. The highest BCUT2D eigenvalue weighted by molar-refractivity contribution is 6.04. The number of ether oxygens (including phenoxy) is 3. The van der Waals surface area contributed by atoms with Crippen LogP contribution in [0, 0.1) is 11.8 Å². The molecule has 0 aliphatic carbocycles. The van der Waals surface area contributed by atoms with Crippen molar-refractivity contribution in [2.45, 2.75) is 77.8 Å². The Bertz CT molecular complexity index is 1330. The van der Waals surface area contributed by atoms with Crippen molar-refractivity contribution in [3.63, 3.8) is 0 Å². The van der Waals surface area contributed by atoms with Gasteiger partial charge in [-0.15, -0.1) is 0 Å². The molecule has 2 amide bonds. The lowest BCUT2D eigenvalue weighted by Crippen LogP contribution is -2.37. The van der Waals surface area contributed by atoms with Gasteiger partial charge in [-0.1, -0.05) is 38.2 Å². The molecule has 254 valence electrons. The number of nitrogens with zero attached hydrogens (tertiary/aromatic N) is 2. The minimum atomic E-state index is -0.987. The number of phenolic OH excluding ortho intramolecular Hbond substituents is 2. The Hall–Kier alpha value is -3.71. The van der Waals surface area contributed by atoms with Crippen molar-refractivity contribution in [2.24, 2.45) is 22.6 Å². The zero-order valence-corrected chi connectivity index (χ0v) is 27.7. The molecule has 6 N–H and O–H groups in total. The number of aliphatic hydroxyl groups is 1. The summed E-state index contributed by atoms with van der Waals surface area (Å²) in [6.07, 6.45) is 7.02. The maximum atomic E-state index is 13.1. The molecule has 12 heteroatoms. The van der Waals surface area contributed by atoms with Crippen LogP contribution >= 0.6 is 0 Å². The van der Waals surface area contributed by atoms with E-state index in [2.05, 4.69) is 15.2 Å². The molecule has 2 bridgehead atoms. The third kappa shape index (κ3) is 9.89. The number of carbonyl (C=O) groups excluding carboxylic acids is 2. The van der Waals surface area contributed by atoms with Crippen LogP contribution in [0.2, 0.25) is 0 Å². The average Bonchev–Trinajstić information content (AvgIpc) is 3.53. The van der Waals surface area contributed by atoms with Crippen molar-refractivity contribution >= 4 is 29.6 Å². The number of fused-ring (bicyclic) bond motifs is 2. The molecular formula is C34H50N4O8. The highest BCUT2D eigenvalue weighted by Crippen LogP contribution is 2.44. The van der Waals surface area contributed by atoms with Crippen molar-refractivity contribution in [3.8, 4) is 11.5 Å². The van der Waals surface area contributed by atoms with Crippen molar-refractivity contribution in [2.75, 3.05) is 39.2 Å². The van der Waals surface area contributed by atoms with Gasteiger partial charge < -0.3 is 40.6 Å². The van der Waals surface area contributed by atoms with Crippen molar-refractivity contribution in [1.29, 1.82) is 0 Å². The first-order valence-electron chi connectivity index (χ1n) is 15.7. The van der Waals surface area contributed by atoms with E-state index in [1.54, 1.807) is 44.4 Å². The third-order valence-electron chi connectivity index (χ3n) is 8.56. The summed E-state index contributed by atoms with van der Waals surface area (Å²) in [4.78, 5) is 31.8. The van der Waals surface area contributed by atoms with Crippen LogP contribution < -0.4 is 11.1 Å². The number of anilines is 1. The first kappa shape index (κ1) is 36.8. The number of hydrogen-bond donors (Lipinski definition) is 5. The molecule has 1 aromatic carbocycles. The fourth-order valence-corrected chi connectivity index (χ4v) is 5.95. The van der Waals surface area contributed by atoms with Crippen LogP contribution in [-0.2, 0) is 25.4 Å². The summed E-state index contributed by atoms with van der Waals surface area (Å²) < 4.78 is 16.7. The number of benzene rings is 1. The normalized spacial score (nSPS) is 30.3. The first-order chi connectivity index (χ1) is 21.9. The van der Waals surface area contributed by atoms with Gasteiger partial charge in [-0.05, 0) is 64.1 Å². The lowest BCUT2D eigenvalue weighted by Gasteiger charge is -2.29. The van der Waals surface area contributed by atoms with Crippen LogP contribution in [0.5, 0.6) is 11.5 Å². The van der Waals surface area contributed by atoms with Crippen LogP contribution in [0.3, 0.4) is 0 Å². The Morgan fingerprint density at radius 1 is 1.17 bits per heavy atom. The van der Waals surface area contributed by atoms with Gasteiger partial charge in [0, 0.05) is 50.1 Å². The number of carbonyl (C=O) groups is 2. The number of phenols is 2. The van der Waals surface area contributed by atoms with Crippen molar-refractivity contribution < 1.29 is 39.1 Å². The Kier molecular flexibility index (Phi) is 13.8. The topological polar surface area (TPSA) is 176 Å². The minimum absolute atomic E-state index is 0.0410. The summed E-state index contributed by atoms with van der Waals surface area (Å²) in [6, 6.07) is 1.29. The number of likely N-dealkylation sites (tertiary alicyclic amines) is 1. The molecule has 2 heterocycles. The number of aromatic hydroxyl groups is 2. The van der Waals surface area contributed by atoms with Gasteiger partial charge in [-0.2, -0.15) is 0 Å². The van der Waals surface area contributed by atoms with Crippen LogP contribution in [-0.4, -0.2) is 96.7 Å².